The lowest BCUT2D eigenvalue weighted by molar-refractivity contribution is -0.136. The van der Waals surface area contributed by atoms with Crippen LogP contribution in [0.2, 0.25) is 0 Å². The second-order valence-corrected chi connectivity index (χ2v) is 8.36. The fraction of sp³-hybridized carbons (Fsp3) is 0.474. The molecule has 1 aromatic carbocycles. The summed E-state index contributed by atoms with van der Waals surface area (Å²) in [5, 5.41) is 5.36. The van der Waals surface area contributed by atoms with E-state index in [0.29, 0.717) is 17.5 Å². The standard InChI is InChI=1S/C19H21N3O4S/c23-16-4-3-15(18(25)21-16)22-10-12-9-11(1-2-14(12)19(22)26)17(24)20-13-5-7-27-8-6-13/h1-2,9,13,15H,3-8,10H2,(H,20,24)(H,21,23,25). The van der Waals surface area contributed by atoms with Crippen molar-refractivity contribution in [2.24, 2.45) is 0 Å². The maximum atomic E-state index is 12.7. The van der Waals surface area contributed by atoms with Crippen molar-refractivity contribution in [2.45, 2.75) is 44.3 Å². The van der Waals surface area contributed by atoms with E-state index in [1.807, 2.05) is 11.8 Å². The summed E-state index contributed by atoms with van der Waals surface area (Å²) >= 11 is 1.90. The van der Waals surface area contributed by atoms with Crippen LogP contribution in [0.5, 0.6) is 0 Å². The molecule has 0 saturated carbocycles. The van der Waals surface area contributed by atoms with E-state index in [0.717, 1.165) is 29.9 Å². The number of thioether (sulfide) groups is 1. The molecule has 27 heavy (non-hydrogen) atoms. The third kappa shape index (κ3) is 3.58. The lowest BCUT2D eigenvalue weighted by atomic mass is 10.0. The first kappa shape index (κ1) is 18.0. The highest BCUT2D eigenvalue weighted by Crippen LogP contribution is 2.28. The van der Waals surface area contributed by atoms with Crippen molar-refractivity contribution in [3.05, 3.63) is 34.9 Å². The van der Waals surface area contributed by atoms with Crippen molar-refractivity contribution < 1.29 is 19.2 Å². The van der Waals surface area contributed by atoms with E-state index in [4.69, 9.17) is 0 Å². The Balaban J connectivity index is 1.48. The molecule has 0 radical (unpaired) electrons. The van der Waals surface area contributed by atoms with E-state index < -0.39 is 11.9 Å². The average molecular weight is 387 g/mol. The molecule has 3 heterocycles. The van der Waals surface area contributed by atoms with Gasteiger partial charge in [0.1, 0.15) is 6.04 Å². The van der Waals surface area contributed by atoms with Crippen molar-refractivity contribution in [1.29, 1.82) is 0 Å². The topological polar surface area (TPSA) is 95.6 Å². The molecular formula is C19H21N3O4S. The Bertz CT molecular complexity index is 819. The number of fused-ring (bicyclic) bond motifs is 1. The summed E-state index contributed by atoms with van der Waals surface area (Å²) in [7, 11) is 0. The van der Waals surface area contributed by atoms with Gasteiger partial charge in [0.05, 0.1) is 0 Å². The molecule has 1 atom stereocenters. The van der Waals surface area contributed by atoms with E-state index in [2.05, 4.69) is 10.6 Å². The minimum atomic E-state index is -0.639. The van der Waals surface area contributed by atoms with Gasteiger partial charge in [-0.3, -0.25) is 24.5 Å². The van der Waals surface area contributed by atoms with Gasteiger partial charge in [0.15, 0.2) is 0 Å². The summed E-state index contributed by atoms with van der Waals surface area (Å²) in [5.74, 6) is 1.04. The van der Waals surface area contributed by atoms with E-state index in [9.17, 15) is 19.2 Å². The van der Waals surface area contributed by atoms with Crippen molar-refractivity contribution in [3.63, 3.8) is 0 Å². The predicted molar refractivity (Wildman–Crippen MR) is 100 cm³/mol. The first-order chi connectivity index (χ1) is 13.0. The molecule has 0 aliphatic carbocycles. The number of rotatable bonds is 3. The summed E-state index contributed by atoms with van der Waals surface area (Å²) in [6, 6.07) is 4.63. The average Bonchev–Trinajstić information content (AvgIpc) is 2.98. The van der Waals surface area contributed by atoms with Crippen LogP contribution in [0.25, 0.3) is 0 Å². The number of carbonyl (C=O) groups excluding carboxylic acids is 4. The Morgan fingerprint density at radius 3 is 2.67 bits per heavy atom. The van der Waals surface area contributed by atoms with Gasteiger partial charge in [-0.15, -0.1) is 0 Å². The fourth-order valence-electron chi connectivity index (χ4n) is 3.83. The zero-order valence-electron chi connectivity index (χ0n) is 14.8. The summed E-state index contributed by atoms with van der Waals surface area (Å²) in [6.07, 6.45) is 2.51. The van der Waals surface area contributed by atoms with Crippen LogP contribution in [0.4, 0.5) is 0 Å². The van der Waals surface area contributed by atoms with Crippen molar-refractivity contribution in [3.8, 4) is 0 Å². The molecule has 1 unspecified atom stereocenters. The van der Waals surface area contributed by atoms with Crippen LogP contribution in [0.15, 0.2) is 18.2 Å². The molecular weight excluding hydrogens is 366 g/mol. The highest BCUT2D eigenvalue weighted by atomic mass is 32.2. The molecule has 0 aromatic heterocycles. The number of imide groups is 1. The quantitative estimate of drug-likeness (QED) is 0.757. The highest BCUT2D eigenvalue weighted by molar-refractivity contribution is 7.99. The number of piperidine rings is 1. The van der Waals surface area contributed by atoms with Gasteiger partial charge in [0, 0.05) is 30.1 Å². The van der Waals surface area contributed by atoms with E-state index in [1.165, 1.54) is 4.90 Å². The number of amides is 4. The second-order valence-electron chi connectivity index (χ2n) is 7.13. The normalized spacial score (nSPS) is 23.2. The molecule has 7 nitrogen and oxygen atoms in total. The molecule has 8 heteroatoms. The second kappa shape index (κ2) is 7.34. The zero-order valence-corrected chi connectivity index (χ0v) is 15.6. The molecule has 1 aromatic rings. The molecule has 2 fully saturated rings. The Labute approximate surface area is 161 Å². The van der Waals surface area contributed by atoms with E-state index in [1.54, 1.807) is 18.2 Å². The molecule has 3 aliphatic rings. The van der Waals surface area contributed by atoms with Crippen LogP contribution in [0, 0.1) is 0 Å². The number of hydrogen-bond acceptors (Lipinski definition) is 5. The summed E-state index contributed by atoms with van der Waals surface area (Å²) in [4.78, 5) is 50.1. The highest BCUT2D eigenvalue weighted by Gasteiger charge is 2.39. The maximum absolute atomic E-state index is 12.7. The number of hydrogen-bond donors (Lipinski definition) is 2. The van der Waals surface area contributed by atoms with Gasteiger partial charge in [-0.05, 0) is 54.5 Å². The lowest BCUT2D eigenvalue weighted by Crippen LogP contribution is -2.52. The molecule has 0 bridgehead atoms. The molecule has 2 N–H and O–H groups in total. The van der Waals surface area contributed by atoms with Gasteiger partial charge in [0.25, 0.3) is 11.8 Å². The van der Waals surface area contributed by atoms with Crippen molar-refractivity contribution >= 4 is 35.4 Å². The van der Waals surface area contributed by atoms with Crippen LogP contribution in [0.3, 0.4) is 0 Å². The van der Waals surface area contributed by atoms with Crippen molar-refractivity contribution in [1.82, 2.24) is 15.5 Å². The van der Waals surface area contributed by atoms with Gasteiger partial charge in [-0.2, -0.15) is 11.8 Å². The Morgan fingerprint density at radius 2 is 1.93 bits per heavy atom. The summed E-state index contributed by atoms with van der Waals surface area (Å²) < 4.78 is 0. The van der Waals surface area contributed by atoms with Crippen LogP contribution in [0.1, 0.15) is 52.0 Å². The van der Waals surface area contributed by atoms with Crippen LogP contribution in [-0.4, -0.2) is 52.1 Å². The molecule has 4 amide bonds. The molecule has 4 rings (SSSR count). The minimum Gasteiger partial charge on any atom is -0.349 e. The lowest BCUT2D eigenvalue weighted by Gasteiger charge is -2.29. The Kier molecular flexibility index (Phi) is 4.90. The third-order valence-electron chi connectivity index (χ3n) is 5.34. The van der Waals surface area contributed by atoms with Crippen LogP contribution < -0.4 is 10.6 Å². The molecule has 2 saturated heterocycles. The third-order valence-corrected chi connectivity index (χ3v) is 6.39. The maximum Gasteiger partial charge on any atom is 0.255 e. The van der Waals surface area contributed by atoms with E-state index >= 15 is 0 Å². The summed E-state index contributed by atoms with van der Waals surface area (Å²) in [5.41, 5.74) is 1.80. The van der Waals surface area contributed by atoms with Crippen LogP contribution >= 0.6 is 11.8 Å². The number of carbonyl (C=O) groups is 4. The number of nitrogens with zero attached hydrogens (tertiary/aromatic N) is 1. The van der Waals surface area contributed by atoms with Gasteiger partial charge >= 0.3 is 0 Å². The largest absolute Gasteiger partial charge is 0.349 e. The van der Waals surface area contributed by atoms with Gasteiger partial charge in [-0.25, -0.2) is 0 Å². The molecule has 3 aliphatic heterocycles. The van der Waals surface area contributed by atoms with Gasteiger partial charge in [-0.1, -0.05) is 0 Å². The molecule has 142 valence electrons. The van der Waals surface area contributed by atoms with E-state index in [-0.39, 0.29) is 36.7 Å². The zero-order chi connectivity index (χ0) is 19.0. The SMILES string of the molecule is O=C1CCC(N2Cc3cc(C(=O)NC4CCSCC4)ccc3C2=O)C(=O)N1. The number of benzene rings is 1. The van der Waals surface area contributed by atoms with Gasteiger partial charge in [0.2, 0.25) is 11.8 Å². The Morgan fingerprint density at radius 1 is 1.15 bits per heavy atom. The molecule has 0 spiro atoms. The monoisotopic (exact) mass is 387 g/mol. The van der Waals surface area contributed by atoms with Gasteiger partial charge < -0.3 is 10.2 Å². The predicted octanol–water partition coefficient (Wildman–Crippen LogP) is 1.07. The minimum absolute atomic E-state index is 0.124. The fourth-order valence-corrected chi connectivity index (χ4v) is 4.93. The van der Waals surface area contributed by atoms with Crippen LogP contribution in [-0.2, 0) is 16.1 Å². The smallest absolute Gasteiger partial charge is 0.255 e. The first-order valence-corrected chi connectivity index (χ1v) is 10.3. The summed E-state index contributed by atoms with van der Waals surface area (Å²) in [6.45, 7) is 0.279. The number of nitrogens with one attached hydrogen (secondary N) is 2. The first-order valence-electron chi connectivity index (χ1n) is 9.19. The Hall–Kier alpha value is -2.35. The van der Waals surface area contributed by atoms with Crippen molar-refractivity contribution in [2.75, 3.05) is 11.5 Å².